The zero-order valence-electron chi connectivity index (χ0n) is 18.7. The molecule has 1 fully saturated rings. The highest BCUT2D eigenvalue weighted by molar-refractivity contribution is 7.90. The number of rotatable bonds is 9. The summed E-state index contributed by atoms with van der Waals surface area (Å²) in [6.07, 6.45) is 7.08. The third kappa shape index (κ3) is 4.77. The molecule has 1 aromatic carbocycles. The number of sulfone groups is 1. The van der Waals surface area contributed by atoms with E-state index in [1.165, 1.54) is 13.2 Å². The molecule has 0 atom stereocenters. The molecule has 3 aromatic rings. The van der Waals surface area contributed by atoms with Crippen LogP contribution in [0.4, 0.5) is 5.69 Å². The predicted octanol–water partition coefficient (Wildman–Crippen LogP) is 3.54. The molecule has 4 rings (SSSR count). The van der Waals surface area contributed by atoms with Gasteiger partial charge >= 0.3 is 0 Å². The highest BCUT2D eigenvalue weighted by Crippen LogP contribution is 2.45. The number of benzene rings is 1. The number of hydrogen-bond acceptors (Lipinski definition) is 6. The molecule has 1 saturated carbocycles. The Hall–Kier alpha value is -2.94. The van der Waals surface area contributed by atoms with Gasteiger partial charge in [0, 0.05) is 43.4 Å². The maximum atomic E-state index is 12.0. The van der Waals surface area contributed by atoms with Gasteiger partial charge in [-0.05, 0) is 50.3 Å². The van der Waals surface area contributed by atoms with Crippen molar-refractivity contribution >= 4 is 32.3 Å². The van der Waals surface area contributed by atoms with Gasteiger partial charge in [0.25, 0.3) is 0 Å². The van der Waals surface area contributed by atoms with Crippen LogP contribution in [0.1, 0.15) is 49.8 Å². The van der Waals surface area contributed by atoms with Crippen molar-refractivity contribution in [2.24, 2.45) is 0 Å². The van der Waals surface area contributed by atoms with Gasteiger partial charge in [0.05, 0.1) is 27.9 Å². The first-order chi connectivity index (χ1) is 15.3. The number of aryl methyl sites for hydroxylation is 1. The second-order valence-electron chi connectivity index (χ2n) is 8.52. The Bertz CT molecular complexity index is 1260. The Kier molecular flexibility index (Phi) is 6.19. The quantitative estimate of drug-likeness (QED) is 0.425. The summed E-state index contributed by atoms with van der Waals surface area (Å²) in [4.78, 5) is 16.1. The number of hydrogen-bond donors (Lipinski definition) is 3. The van der Waals surface area contributed by atoms with Crippen molar-refractivity contribution in [3.63, 3.8) is 0 Å². The Balaban J connectivity index is 1.63. The molecule has 3 N–H and O–H groups in total. The van der Waals surface area contributed by atoms with E-state index in [0.717, 1.165) is 65.8 Å². The predicted molar refractivity (Wildman–Crippen MR) is 126 cm³/mol. The van der Waals surface area contributed by atoms with Crippen LogP contribution >= 0.6 is 0 Å². The fourth-order valence-corrected chi connectivity index (χ4v) is 4.97. The van der Waals surface area contributed by atoms with Gasteiger partial charge in [0.15, 0.2) is 9.84 Å². The van der Waals surface area contributed by atoms with Crippen molar-refractivity contribution in [2.45, 2.75) is 50.3 Å². The highest BCUT2D eigenvalue weighted by atomic mass is 32.2. The monoisotopic (exact) mass is 455 g/mol. The van der Waals surface area contributed by atoms with E-state index in [1.807, 2.05) is 19.1 Å². The number of aromatic amines is 1. The van der Waals surface area contributed by atoms with Crippen molar-refractivity contribution in [1.29, 1.82) is 0 Å². The number of aromatic nitrogens is 3. The number of pyridine rings is 1. The Labute approximate surface area is 188 Å². The zero-order valence-corrected chi connectivity index (χ0v) is 19.5. The SMILES string of the molecule is CC(=O)NCCCCNc1cnc(-c2ccc(S(C)(=O)=O)c(C)c2)c2c(C3CC3)[nH]nc12. The molecule has 8 nitrogen and oxygen atoms in total. The third-order valence-corrected chi connectivity index (χ3v) is 6.99. The topological polar surface area (TPSA) is 117 Å². The third-order valence-electron chi connectivity index (χ3n) is 5.74. The van der Waals surface area contributed by atoms with Crippen LogP contribution in [0.15, 0.2) is 29.3 Å². The van der Waals surface area contributed by atoms with Crippen LogP contribution < -0.4 is 10.6 Å². The fourth-order valence-electron chi connectivity index (χ4n) is 4.01. The lowest BCUT2D eigenvalue weighted by atomic mass is 10.0. The number of H-pyrrole nitrogens is 1. The molecule has 0 unspecified atom stereocenters. The molecule has 0 aliphatic heterocycles. The number of amides is 1. The number of anilines is 1. The van der Waals surface area contributed by atoms with E-state index in [9.17, 15) is 13.2 Å². The normalized spacial score (nSPS) is 14.0. The standard InChI is InChI=1S/C23H29N5O3S/c1-14-12-17(8-9-19(14)32(3,30)31)21-20-22(16-6-7-16)27-28-23(20)18(13-26-21)25-11-5-4-10-24-15(2)29/h8-9,12-13,16,25H,4-7,10-11H2,1-3H3,(H,24,29)(H,27,28). The molecule has 0 bridgehead atoms. The molecule has 0 saturated heterocycles. The molecular weight excluding hydrogens is 426 g/mol. The van der Waals surface area contributed by atoms with E-state index in [2.05, 4.69) is 20.8 Å². The van der Waals surface area contributed by atoms with Crippen LogP contribution in [-0.4, -0.2) is 48.9 Å². The van der Waals surface area contributed by atoms with Gasteiger partial charge < -0.3 is 10.6 Å². The van der Waals surface area contributed by atoms with Gasteiger partial charge in [-0.25, -0.2) is 8.42 Å². The summed E-state index contributed by atoms with van der Waals surface area (Å²) < 4.78 is 24.0. The van der Waals surface area contributed by atoms with Gasteiger partial charge in [0.2, 0.25) is 5.91 Å². The first-order valence-corrected chi connectivity index (χ1v) is 12.8. The summed E-state index contributed by atoms with van der Waals surface area (Å²) in [5, 5.41) is 15.1. The molecular formula is C23H29N5O3S. The molecule has 1 aliphatic rings. The van der Waals surface area contributed by atoms with Gasteiger partial charge in [0.1, 0.15) is 5.52 Å². The maximum absolute atomic E-state index is 12.0. The van der Waals surface area contributed by atoms with Crippen LogP contribution in [0.5, 0.6) is 0 Å². The Morgan fingerprint density at radius 3 is 2.62 bits per heavy atom. The van der Waals surface area contributed by atoms with Crippen molar-refractivity contribution < 1.29 is 13.2 Å². The van der Waals surface area contributed by atoms with Crippen molar-refractivity contribution in [1.82, 2.24) is 20.5 Å². The number of nitrogens with one attached hydrogen (secondary N) is 3. The van der Waals surface area contributed by atoms with E-state index in [0.29, 0.717) is 22.9 Å². The smallest absolute Gasteiger partial charge is 0.216 e. The van der Waals surface area contributed by atoms with Gasteiger partial charge in [-0.1, -0.05) is 6.07 Å². The highest BCUT2D eigenvalue weighted by Gasteiger charge is 2.30. The van der Waals surface area contributed by atoms with Gasteiger partial charge in [-0.15, -0.1) is 0 Å². The second kappa shape index (κ2) is 8.90. The average Bonchev–Trinajstić information content (AvgIpc) is 3.47. The molecule has 1 amide bonds. The maximum Gasteiger partial charge on any atom is 0.216 e. The summed E-state index contributed by atoms with van der Waals surface area (Å²) in [5.41, 5.74) is 5.22. The van der Waals surface area contributed by atoms with Crippen LogP contribution in [0, 0.1) is 6.92 Å². The molecule has 2 aromatic heterocycles. The van der Waals surface area contributed by atoms with Crippen molar-refractivity contribution in [3.05, 3.63) is 35.7 Å². The van der Waals surface area contributed by atoms with Gasteiger partial charge in [-0.2, -0.15) is 5.10 Å². The lowest BCUT2D eigenvalue weighted by molar-refractivity contribution is -0.118. The summed E-state index contributed by atoms with van der Waals surface area (Å²) in [6.45, 7) is 4.75. The molecule has 0 spiro atoms. The van der Waals surface area contributed by atoms with Crippen LogP contribution in [0.25, 0.3) is 22.2 Å². The largest absolute Gasteiger partial charge is 0.382 e. The molecule has 170 valence electrons. The minimum Gasteiger partial charge on any atom is -0.382 e. The summed E-state index contributed by atoms with van der Waals surface area (Å²) in [5.74, 6) is 0.452. The second-order valence-corrected chi connectivity index (χ2v) is 10.5. The number of carbonyl (C=O) groups excluding carboxylic acids is 1. The first-order valence-electron chi connectivity index (χ1n) is 10.9. The number of fused-ring (bicyclic) bond motifs is 1. The Morgan fingerprint density at radius 2 is 1.97 bits per heavy atom. The summed E-state index contributed by atoms with van der Waals surface area (Å²) in [7, 11) is -3.28. The van der Waals surface area contributed by atoms with E-state index < -0.39 is 9.84 Å². The minimum atomic E-state index is -3.28. The van der Waals surface area contributed by atoms with E-state index >= 15 is 0 Å². The number of nitrogens with zero attached hydrogens (tertiary/aromatic N) is 2. The summed E-state index contributed by atoms with van der Waals surface area (Å²) in [6, 6.07) is 5.37. The molecule has 9 heteroatoms. The van der Waals surface area contributed by atoms with Crippen molar-refractivity contribution in [3.8, 4) is 11.3 Å². The number of carbonyl (C=O) groups is 1. The van der Waals surface area contributed by atoms with E-state index in [-0.39, 0.29) is 5.91 Å². The Morgan fingerprint density at radius 1 is 1.22 bits per heavy atom. The number of unbranched alkanes of at least 4 members (excludes halogenated alkanes) is 1. The van der Waals surface area contributed by atoms with Crippen LogP contribution in [-0.2, 0) is 14.6 Å². The first kappa shape index (κ1) is 22.3. The average molecular weight is 456 g/mol. The zero-order chi connectivity index (χ0) is 22.9. The van der Waals surface area contributed by atoms with E-state index in [4.69, 9.17) is 4.98 Å². The van der Waals surface area contributed by atoms with Crippen LogP contribution in [0.3, 0.4) is 0 Å². The molecule has 2 heterocycles. The lowest BCUT2D eigenvalue weighted by Gasteiger charge is -2.12. The van der Waals surface area contributed by atoms with Crippen LogP contribution in [0.2, 0.25) is 0 Å². The molecule has 0 radical (unpaired) electrons. The molecule has 1 aliphatic carbocycles. The molecule has 32 heavy (non-hydrogen) atoms. The summed E-state index contributed by atoms with van der Waals surface area (Å²) >= 11 is 0. The van der Waals surface area contributed by atoms with Crippen molar-refractivity contribution in [2.75, 3.05) is 24.7 Å². The minimum absolute atomic E-state index is 0.0107. The fraction of sp³-hybridized carbons (Fsp3) is 0.435. The van der Waals surface area contributed by atoms with Gasteiger partial charge in [-0.3, -0.25) is 14.9 Å². The lowest BCUT2D eigenvalue weighted by Crippen LogP contribution is -2.21. The van der Waals surface area contributed by atoms with E-state index in [1.54, 1.807) is 12.3 Å².